The second-order valence-electron chi connectivity index (χ2n) is 10.5. The van der Waals surface area contributed by atoms with Gasteiger partial charge in [-0.25, -0.2) is 28.2 Å². The highest BCUT2D eigenvalue weighted by atomic mass is 32.2. The number of carbonyl (C=O) groups excluding carboxylic acids is 1. The van der Waals surface area contributed by atoms with Crippen molar-refractivity contribution in [1.29, 1.82) is 0 Å². The lowest BCUT2D eigenvalue weighted by atomic mass is 10.0. The standard InChI is InChI=1S/C29H36N6O5S/c1-21-20-40-18-16-35(21)25-19-24(29(12-3-4-13-29)41(38,39)26-7-2-5-14-30-26)33-27(34-25)22-8-10-23(11-9-22)32-28(37)31-15-6-17-36/h2,5,7-11,14,19,21,36H,3-4,6,12-13,15-18,20H2,1H3,(H2,31,32,37)/t21-/m0/s1. The molecule has 3 heterocycles. The van der Waals surface area contributed by atoms with E-state index in [1.807, 2.05) is 18.2 Å². The van der Waals surface area contributed by atoms with Gasteiger partial charge in [0, 0.05) is 43.2 Å². The Morgan fingerprint density at radius 3 is 2.61 bits per heavy atom. The van der Waals surface area contributed by atoms with Crippen molar-refractivity contribution in [2.75, 3.05) is 43.1 Å². The van der Waals surface area contributed by atoms with Crippen molar-refractivity contribution in [2.45, 2.75) is 54.8 Å². The van der Waals surface area contributed by atoms with Gasteiger partial charge in [0.25, 0.3) is 0 Å². The number of hydrogen-bond donors (Lipinski definition) is 3. The number of aliphatic hydroxyl groups is 1. The molecular formula is C29H36N6O5S. The predicted octanol–water partition coefficient (Wildman–Crippen LogP) is 3.51. The highest BCUT2D eigenvalue weighted by molar-refractivity contribution is 7.92. The van der Waals surface area contributed by atoms with Gasteiger partial charge in [0.2, 0.25) is 9.84 Å². The largest absolute Gasteiger partial charge is 0.396 e. The fourth-order valence-corrected chi connectivity index (χ4v) is 7.55. The van der Waals surface area contributed by atoms with Crippen LogP contribution in [0.15, 0.2) is 59.8 Å². The van der Waals surface area contributed by atoms with Crippen LogP contribution in [0.5, 0.6) is 0 Å². The van der Waals surface area contributed by atoms with Crippen LogP contribution in [0.1, 0.15) is 44.7 Å². The maximum atomic E-state index is 14.2. The summed E-state index contributed by atoms with van der Waals surface area (Å²) in [6.45, 7) is 4.16. The summed E-state index contributed by atoms with van der Waals surface area (Å²) in [6, 6.07) is 13.6. The highest BCUT2D eigenvalue weighted by Crippen LogP contribution is 2.48. The topological polar surface area (TPSA) is 147 Å². The van der Waals surface area contributed by atoms with Gasteiger partial charge in [0.05, 0.1) is 24.9 Å². The first-order valence-electron chi connectivity index (χ1n) is 14.0. The number of pyridine rings is 1. The van der Waals surface area contributed by atoms with Crippen LogP contribution < -0.4 is 15.5 Å². The summed E-state index contributed by atoms with van der Waals surface area (Å²) in [7, 11) is -3.86. The Morgan fingerprint density at radius 2 is 1.93 bits per heavy atom. The van der Waals surface area contributed by atoms with Gasteiger partial charge in [-0.1, -0.05) is 18.9 Å². The number of carbonyl (C=O) groups is 1. The van der Waals surface area contributed by atoms with E-state index in [2.05, 4.69) is 27.4 Å². The summed E-state index contributed by atoms with van der Waals surface area (Å²) in [5.74, 6) is 1.08. The molecule has 0 unspecified atom stereocenters. The van der Waals surface area contributed by atoms with Gasteiger partial charge >= 0.3 is 6.03 Å². The molecular weight excluding hydrogens is 544 g/mol. The number of amides is 2. The Hall–Kier alpha value is -3.61. The normalized spacial score (nSPS) is 18.7. The van der Waals surface area contributed by atoms with Crippen molar-refractivity contribution < 1.29 is 23.1 Å². The molecule has 1 saturated carbocycles. The molecule has 2 fully saturated rings. The number of nitrogens with zero attached hydrogens (tertiary/aromatic N) is 4. The maximum Gasteiger partial charge on any atom is 0.319 e. The van der Waals surface area contributed by atoms with E-state index in [1.54, 1.807) is 30.3 Å². The third-order valence-corrected chi connectivity index (χ3v) is 10.1. The molecule has 41 heavy (non-hydrogen) atoms. The molecule has 0 spiro atoms. The number of morpholine rings is 1. The summed E-state index contributed by atoms with van der Waals surface area (Å²) in [5.41, 5.74) is 1.76. The van der Waals surface area contributed by atoms with E-state index < -0.39 is 14.6 Å². The predicted molar refractivity (Wildman–Crippen MR) is 155 cm³/mol. The molecule has 1 aliphatic carbocycles. The number of hydrogen-bond acceptors (Lipinski definition) is 9. The zero-order valence-corrected chi connectivity index (χ0v) is 23.9. The van der Waals surface area contributed by atoms with Crippen molar-refractivity contribution in [2.24, 2.45) is 0 Å². The number of rotatable bonds is 9. The Labute approximate surface area is 240 Å². The van der Waals surface area contributed by atoms with Crippen molar-refractivity contribution in [3.05, 3.63) is 60.4 Å². The number of benzene rings is 1. The molecule has 1 saturated heterocycles. The molecule has 0 radical (unpaired) electrons. The Bertz CT molecular complexity index is 1450. The molecule has 11 nitrogen and oxygen atoms in total. The van der Waals surface area contributed by atoms with Gasteiger partial charge < -0.3 is 25.4 Å². The minimum atomic E-state index is -3.86. The smallest absolute Gasteiger partial charge is 0.319 e. The molecule has 12 heteroatoms. The first-order chi connectivity index (χ1) is 19.8. The van der Waals surface area contributed by atoms with E-state index in [-0.39, 0.29) is 23.7 Å². The number of urea groups is 1. The fourth-order valence-electron chi connectivity index (χ4n) is 5.49. The number of ether oxygens (including phenoxy) is 1. The number of aliphatic hydroxyl groups excluding tert-OH is 1. The zero-order valence-electron chi connectivity index (χ0n) is 23.1. The summed E-state index contributed by atoms with van der Waals surface area (Å²) >= 11 is 0. The van der Waals surface area contributed by atoms with Gasteiger partial charge in [0.15, 0.2) is 10.9 Å². The summed E-state index contributed by atoms with van der Waals surface area (Å²) < 4.78 is 32.8. The third-order valence-electron chi connectivity index (χ3n) is 7.70. The maximum absolute atomic E-state index is 14.2. The monoisotopic (exact) mass is 580 g/mol. The van der Waals surface area contributed by atoms with E-state index in [0.717, 1.165) is 12.8 Å². The second-order valence-corrected chi connectivity index (χ2v) is 12.7. The fraction of sp³-hybridized carbons (Fsp3) is 0.448. The lowest BCUT2D eigenvalue weighted by molar-refractivity contribution is 0.0985. The molecule has 218 valence electrons. The van der Waals surface area contributed by atoms with Crippen LogP contribution in [0, 0.1) is 0 Å². The Kier molecular flexibility index (Phi) is 8.81. The minimum Gasteiger partial charge on any atom is -0.396 e. The molecule has 2 aliphatic rings. The van der Waals surface area contributed by atoms with Gasteiger partial charge in [-0.15, -0.1) is 0 Å². The van der Waals surface area contributed by atoms with Gasteiger partial charge in [-0.05, 0) is 62.6 Å². The van der Waals surface area contributed by atoms with Gasteiger partial charge in [0.1, 0.15) is 10.6 Å². The summed E-state index contributed by atoms with van der Waals surface area (Å²) in [6.07, 6.45) is 4.43. The average molecular weight is 581 g/mol. The van der Waals surface area contributed by atoms with Gasteiger partial charge in [-0.2, -0.15) is 0 Å². The third kappa shape index (κ3) is 6.04. The highest BCUT2D eigenvalue weighted by Gasteiger charge is 2.50. The van der Waals surface area contributed by atoms with E-state index in [4.69, 9.17) is 19.8 Å². The first kappa shape index (κ1) is 28.9. The van der Waals surface area contributed by atoms with Crippen LogP contribution in [0.25, 0.3) is 11.4 Å². The van der Waals surface area contributed by atoms with Crippen molar-refractivity contribution >= 4 is 27.4 Å². The van der Waals surface area contributed by atoms with Crippen LogP contribution in [-0.4, -0.2) is 73.5 Å². The Balaban J connectivity index is 1.55. The minimum absolute atomic E-state index is 0.00368. The molecule has 0 bridgehead atoms. The summed E-state index contributed by atoms with van der Waals surface area (Å²) in [5, 5.41) is 14.4. The first-order valence-corrected chi connectivity index (χ1v) is 15.5. The molecule has 1 aliphatic heterocycles. The molecule has 5 rings (SSSR count). The number of sulfone groups is 1. The van der Waals surface area contributed by atoms with E-state index in [9.17, 15) is 13.2 Å². The lowest BCUT2D eigenvalue weighted by Gasteiger charge is -2.35. The molecule has 1 aromatic carbocycles. The van der Waals surface area contributed by atoms with Crippen LogP contribution in [0.2, 0.25) is 0 Å². The molecule has 3 aromatic rings. The van der Waals surface area contributed by atoms with E-state index in [1.165, 1.54) is 6.20 Å². The molecule has 1 atom stereocenters. The lowest BCUT2D eigenvalue weighted by Crippen LogP contribution is -2.44. The zero-order chi connectivity index (χ0) is 28.9. The number of anilines is 2. The molecule has 3 N–H and O–H groups in total. The average Bonchev–Trinajstić information content (AvgIpc) is 3.50. The van der Waals surface area contributed by atoms with Crippen LogP contribution >= 0.6 is 0 Å². The number of aromatic nitrogens is 3. The summed E-state index contributed by atoms with van der Waals surface area (Å²) in [4.78, 5) is 28.3. The van der Waals surface area contributed by atoms with Crippen molar-refractivity contribution in [3.8, 4) is 11.4 Å². The number of nitrogens with one attached hydrogen (secondary N) is 2. The van der Waals surface area contributed by atoms with Crippen LogP contribution in [0.3, 0.4) is 0 Å². The van der Waals surface area contributed by atoms with E-state index in [0.29, 0.717) is 74.2 Å². The SMILES string of the molecule is C[C@H]1COCCN1c1cc(C2(S(=O)(=O)c3ccccn3)CCCC2)nc(-c2ccc(NC(=O)NCCCO)cc2)n1. The quantitative estimate of drug-likeness (QED) is 0.324. The van der Waals surface area contributed by atoms with Crippen molar-refractivity contribution in [3.63, 3.8) is 0 Å². The molecule has 2 aromatic heterocycles. The van der Waals surface area contributed by atoms with Crippen molar-refractivity contribution in [1.82, 2.24) is 20.3 Å². The van der Waals surface area contributed by atoms with Crippen LogP contribution in [-0.2, 0) is 19.3 Å². The van der Waals surface area contributed by atoms with Crippen LogP contribution in [0.4, 0.5) is 16.3 Å². The molecule has 2 amide bonds. The van der Waals surface area contributed by atoms with Gasteiger partial charge in [-0.3, -0.25) is 0 Å². The van der Waals surface area contributed by atoms with E-state index >= 15 is 0 Å². The second kappa shape index (κ2) is 12.5. The Morgan fingerprint density at radius 1 is 1.15 bits per heavy atom.